The van der Waals surface area contributed by atoms with E-state index >= 15 is 0 Å². The molecule has 0 aliphatic carbocycles. The third-order valence-electron chi connectivity index (χ3n) is 2.95. The molecule has 1 heterocycles. The van der Waals surface area contributed by atoms with E-state index in [9.17, 15) is 14.7 Å². The summed E-state index contributed by atoms with van der Waals surface area (Å²) in [5.41, 5.74) is 1.96. The summed E-state index contributed by atoms with van der Waals surface area (Å²) in [5.74, 6) is -1.46. The molecule has 1 aliphatic rings. The van der Waals surface area contributed by atoms with Crippen LogP contribution in [0.15, 0.2) is 18.2 Å². The van der Waals surface area contributed by atoms with Crippen LogP contribution in [0.5, 0.6) is 0 Å². The first-order valence-electron chi connectivity index (χ1n) is 5.24. The predicted molar refractivity (Wildman–Crippen MR) is 64.1 cm³/mol. The summed E-state index contributed by atoms with van der Waals surface area (Å²) in [6.45, 7) is 0. The molecule has 0 saturated heterocycles. The zero-order chi connectivity index (χ0) is 12.7. The van der Waals surface area contributed by atoms with Gasteiger partial charge in [0.15, 0.2) is 0 Å². The number of hydrogen-bond donors (Lipinski definition) is 1. The van der Waals surface area contributed by atoms with Crippen molar-refractivity contribution in [3.05, 3.63) is 23.8 Å². The average Bonchev–Trinajstić information content (AvgIpc) is 2.32. The summed E-state index contributed by atoms with van der Waals surface area (Å²) in [4.78, 5) is 26.2. The fraction of sp³-hybridized carbons (Fsp3) is 0.333. The number of carbonyl (C=O) groups excluding carboxylic acids is 2. The van der Waals surface area contributed by atoms with Gasteiger partial charge in [0.05, 0.1) is 5.69 Å². The minimum Gasteiger partial charge on any atom is -0.380 e. The molecule has 90 valence electrons. The second-order valence-electron chi connectivity index (χ2n) is 4.27. The Balaban J connectivity index is 2.58. The van der Waals surface area contributed by atoms with Crippen molar-refractivity contribution in [1.29, 1.82) is 0 Å². The maximum atomic E-state index is 11.6. The molecule has 0 bridgehead atoms. The van der Waals surface area contributed by atoms with Crippen LogP contribution in [0.4, 0.5) is 11.4 Å². The molecular weight excluding hydrogens is 220 g/mol. The number of aliphatic hydroxyl groups excluding tert-OH is 1. The van der Waals surface area contributed by atoms with E-state index in [4.69, 9.17) is 0 Å². The SMILES string of the molecule is CN(C)c1ccc2c(c1)N(C)C(=O)C(=O)C2O. The van der Waals surface area contributed by atoms with Crippen molar-refractivity contribution in [2.45, 2.75) is 6.10 Å². The van der Waals surface area contributed by atoms with Crippen LogP contribution in [0, 0.1) is 0 Å². The van der Waals surface area contributed by atoms with Gasteiger partial charge in [0.25, 0.3) is 11.7 Å². The summed E-state index contributed by atoms with van der Waals surface area (Å²) in [6.07, 6.45) is -1.34. The minimum absolute atomic E-state index is 0.475. The lowest BCUT2D eigenvalue weighted by molar-refractivity contribution is -0.142. The molecule has 1 amide bonds. The summed E-state index contributed by atoms with van der Waals surface area (Å²) in [6, 6.07) is 5.26. The lowest BCUT2D eigenvalue weighted by Crippen LogP contribution is -2.41. The lowest BCUT2D eigenvalue weighted by Gasteiger charge is -2.29. The molecule has 0 saturated carbocycles. The number of likely N-dealkylation sites (N-methyl/N-ethyl adjacent to an activating group) is 1. The lowest BCUT2D eigenvalue weighted by atomic mass is 9.97. The van der Waals surface area contributed by atoms with E-state index < -0.39 is 17.8 Å². The summed E-state index contributed by atoms with van der Waals surface area (Å²) >= 11 is 0. The smallest absolute Gasteiger partial charge is 0.297 e. The summed E-state index contributed by atoms with van der Waals surface area (Å²) in [5, 5.41) is 9.74. The van der Waals surface area contributed by atoms with Crippen molar-refractivity contribution in [1.82, 2.24) is 0 Å². The largest absolute Gasteiger partial charge is 0.380 e. The van der Waals surface area contributed by atoms with E-state index in [2.05, 4.69) is 0 Å². The maximum absolute atomic E-state index is 11.6. The van der Waals surface area contributed by atoms with E-state index in [1.54, 1.807) is 18.2 Å². The zero-order valence-electron chi connectivity index (χ0n) is 9.97. The van der Waals surface area contributed by atoms with Gasteiger partial charge in [0.1, 0.15) is 6.10 Å². The normalized spacial score (nSPS) is 19.3. The first-order chi connectivity index (χ1) is 7.93. The predicted octanol–water partition coefficient (Wildman–Crippen LogP) is 0.331. The minimum atomic E-state index is -1.34. The summed E-state index contributed by atoms with van der Waals surface area (Å²) in [7, 11) is 5.30. The third-order valence-corrected chi connectivity index (χ3v) is 2.95. The Morgan fingerprint density at radius 3 is 2.53 bits per heavy atom. The summed E-state index contributed by atoms with van der Waals surface area (Å²) < 4.78 is 0. The van der Waals surface area contributed by atoms with Gasteiger partial charge in [0.2, 0.25) is 0 Å². The van der Waals surface area contributed by atoms with Gasteiger partial charge in [-0.1, -0.05) is 6.07 Å². The van der Waals surface area contributed by atoms with Crippen molar-refractivity contribution in [2.75, 3.05) is 30.9 Å². The molecule has 1 aromatic rings. The number of carbonyl (C=O) groups is 2. The molecule has 17 heavy (non-hydrogen) atoms. The number of fused-ring (bicyclic) bond motifs is 1. The molecule has 5 nitrogen and oxygen atoms in total. The van der Waals surface area contributed by atoms with Gasteiger partial charge >= 0.3 is 0 Å². The van der Waals surface area contributed by atoms with Crippen molar-refractivity contribution < 1.29 is 14.7 Å². The number of hydrogen-bond acceptors (Lipinski definition) is 4. The van der Waals surface area contributed by atoms with Crippen molar-refractivity contribution in [2.24, 2.45) is 0 Å². The zero-order valence-corrected chi connectivity index (χ0v) is 9.97. The molecule has 1 N–H and O–H groups in total. The van der Waals surface area contributed by atoms with Crippen LogP contribution >= 0.6 is 0 Å². The Hall–Kier alpha value is -1.88. The Morgan fingerprint density at radius 2 is 1.94 bits per heavy atom. The van der Waals surface area contributed by atoms with Crippen LogP contribution in [-0.4, -0.2) is 37.9 Å². The van der Waals surface area contributed by atoms with Crippen LogP contribution in [0.2, 0.25) is 0 Å². The monoisotopic (exact) mass is 234 g/mol. The number of ketones is 1. The van der Waals surface area contributed by atoms with E-state index in [1.165, 1.54) is 11.9 Å². The second kappa shape index (κ2) is 3.85. The fourth-order valence-corrected chi connectivity index (χ4v) is 1.86. The number of nitrogens with zero attached hydrogens (tertiary/aromatic N) is 2. The number of rotatable bonds is 1. The molecule has 1 aliphatic heterocycles. The molecule has 0 aromatic heterocycles. The van der Waals surface area contributed by atoms with Crippen molar-refractivity contribution in [3.63, 3.8) is 0 Å². The molecule has 0 spiro atoms. The van der Waals surface area contributed by atoms with Crippen molar-refractivity contribution >= 4 is 23.1 Å². The van der Waals surface area contributed by atoms with Crippen LogP contribution in [0.1, 0.15) is 11.7 Å². The highest BCUT2D eigenvalue weighted by molar-refractivity contribution is 6.44. The van der Waals surface area contributed by atoms with Crippen LogP contribution in [0.25, 0.3) is 0 Å². The number of anilines is 2. The van der Waals surface area contributed by atoms with Gasteiger partial charge in [-0.05, 0) is 12.1 Å². The highest BCUT2D eigenvalue weighted by Gasteiger charge is 2.36. The molecular formula is C12H14N2O3. The number of aliphatic hydroxyl groups is 1. The first-order valence-corrected chi connectivity index (χ1v) is 5.24. The number of amides is 1. The fourth-order valence-electron chi connectivity index (χ4n) is 1.86. The Labute approximate surface area is 99.3 Å². The van der Waals surface area contributed by atoms with Gasteiger partial charge in [-0.15, -0.1) is 0 Å². The van der Waals surface area contributed by atoms with Gasteiger partial charge in [-0.25, -0.2) is 0 Å². The Kier molecular flexibility index (Phi) is 2.63. The highest BCUT2D eigenvalue weighted by Crippen LogP contribution is 2.34. The molecule has 0 radical (unpaired) electrons. The van der Waals surface area contributed by atoms with Gasteiger partial charge < -0.3 is 14.9 Å². The molecule has 0 fully saturated rings. The molecule has 5 heteroatoms. The Bertz CT molecular complexity index is 497. The van der Waals surface area contributed by atoms with Crippen LogP contribution in [0.3, 0.4) is 0 Å². The van der Waals surface area contributed by atoms with Gasteiger partial charge in [-0.2, -0.15) is 0 Å². The molecule has 1 aromatic carbocycles. The molecule has 2 rings (SSSR count). The third kappa shape index (κ3) is 1.68. The van der Waals surface area contributed by atoms with E-state index in [0.717, 1.165) is 5.69 Å². The molecule has 1 unspecified atom stereocenters. The van der Waals surface area contributed by atoms with Crippen LogP contribution < -0.4 is 9.80 Å². The highest BCUT2D eigenvalue weighted by atomic mass is 16.3. The van der Waals surface area contributed by atoms with Gasteiger partial charge in [-0.3, -0.25) is 9.59 Å². The second-order valence-corrected chi connectivity index (χ2v) is 4.27. The average molecular weight is 234 g/mol. The topological polar surface area (TPSA) is 60.9 Å². The van der Waals surface area contributed by atoms with E-state index in [-0.39, 0.29) is 0 Å². The Morgan fingerprint density at radius 1 is 1.29 bits per heavy atom. The number of Topliss-reactive ketones (excluding diaryl/α,β-unsaturated/α-hetero) is 1. The quantitative estimate of drug-likeness (QED) is 0.711. The van der Waals surface area contributed by atoms with E-state index in [1.807, 2.05) is 19.0 Å². The van der Waals surface area contributed by atoms with Gasteiger partial charge in [0, 0.05) is 32.4 Å². The standard InChI is InChI=1S/C12H14N2O3/c1-13(2)7-4-5-8-9(6-7)14(3)12(17)11(16)10(8)15/h4-6,10,15H,1-3H3. The number of benzene rings is 1. The van der Waals surface area contributed by atoms with E-state index in [0.29, 0.717) is 11.3 Å². The molecule has 1 atom stereocenters. The van der Waals surface area contributed by atoms with Crippen LogP contribution in [-0.2, 0) is 9.59 Å². The van der Waals surface area contributed by atoms with Crippen molar-refractivity contribution in [3.8, 4) is 0 Å². The first kappa shape index (κ1) is 11.6. The maximum Gasteiger partial charge on any atom is 0.297 e.